The topological polar surface area (TPSA) is 332 Å². The van der Waals surface area contributed by atoms with Crippen LogP contribution in [0.4, 0.5) is 0 Å². The van der Waals surface area contributed by atoms with Gasteiger partial charge >= 0.3 is 32.7 Å². The minimum Gasteiger partial charge on any atom is -0.437 e. The van der Waals surface area contributed by atoms with Crippen LogP contribution in [0, 0.1) is 47.3 Å². The number of rotatable bonds is 26. The van der Waals surface area contributed by atoms with Gasteiger partial charge in [-0.05, 0) is 133 Å². The molecule has 20 nitrogen and oxygen atoms in total. The lowest BCUT2D eigenvalue weighted by Gasteiger charge is -2.19. The first-order valence-electron chi connectivity index (χ1n) is 21.7. The van der Waals surface area contributed by atoms with E-state index in [1.165, 1.54) is 0 Å². The van der Waals surface area contributed by atoms with Crippen molar-refractivity contribution in [2.24, 2.45) is 69.1 Å². The Morgan fingerprint density at radius 1 is 0.632 bits per heavy atom. The maximum atomic E-state index is 10.8. The van der Waals surface area contributed by atoms with Gasteiger partial charge in [0.2, 0.25) is 0 Å². The Hall–Kier alpha value is -2.16. The molecule has 68 heavy (non-hydrogen) atoms. The van der Waals surface area contributed by atoms with Crippen LogP contribution in [0.15, 0.2) is 28.9 Å². The summed E-state index contributed by atoms with van der Waals surface area (Å²) >= 11 is 0. The van der Waals surface area contributed by atoms with Gasteiger partial charge in [-0.1, -0.05) is 106 Å². The van der Waals surface area contributed by atoms with Crippen LogP contribution in [0.3, 0.4) is 0 Å². The first-order valence-corrected chi connectivity index (χ1v) is 21.7. The van der Waals surface area contributed by atoms with Gasteiger partial charge in [-0.25, -0.2) is 9.59 Å². The highest BCUT2D eigenvalue weighted by molar-refractivity contribution is 14.0. The molecule has 0 fully saturated rings. The normalized spacial score (nSPS) is 12.4. The summed E-state index contributed by atoms with van der Waals surface area (Å²) < 4.78 is 8.88. The van der Waals surface area contributed by atoms with Crippen molar-refractivity contribution < 1.29 is 36.0 Å². The molecular weight excluding hydrogens is 1030 g/mol. The van der Waals surface area contributed by atoms with E-state index in [1.807, 2.05) is 6.92 Å². The fourth-order valence-electron chi connectivity index (χ4n) is 6.70. The third kappa shape index (κ3) is 53.2. The van der Waals surface area contributed by atoms with Crippen LogP contribution < -0.4 is 38.7 Å². The van der Waals surface area contributed by atoms with E-state index in [9.17, 15) is 14.6 Å². The van der Waals surface area contributed by atoms with E-state index < -0.39 is 32.7 Å². The zero-order valence-electron chi connectivity index (χ0n) is 40.4. The molecular formula is C42H103B3Cl2IN11O9. The zero-order chi connectivity index (χ0) is 47.1. The molecule has 2 heterocycles. The van der Waals surface area contributed by atoms with Gasteiger partial charge in [0, 0.05) is 20.7 Å². The summed E-state index contributed by atoms with van der Waals surface area (Å²) in [5.41, 5.74) is 11.8. The van der Waals surface area contributed by atoms with Gasteiger partial charge in [-0.2, -0.15) is 0 Å². The number of amidine groups is 1. The number of oxime groups is 2. The molecule has 410 valence electrons. The summed E-state index contributed by atoms with van der Waals surface area (Å²) in [5.74, 6) is 4.05. The number of halogens is 3. The lowest BCUT2D eigenvalue weighted by Crippen LogP contribution is -2.36. The Balaban J connectivity index is -0.0000000811. The number of nitrogens with two attached hydrogens (primary N) is 2. The Morgan fingerprint density at radius 3 is 1.22 bits per heavy atom. The maximum absolute atomic E-state index is 10.8. The van der Waals surface area contributed by atoms with Crippen molar-refractivity contribution in [1.29, 1.82) is 0 Å². The van der Waals surface area contributed by atoms with Crippen molar-refractivity contribution >= 4 is 81.5 Å². The van der Waals surface area contributed by atoms with Gasteiger partial charge in [0.1, 0.15) is 5.84 Å². The maximum Gasteiger partial charge on any atom is 0.438 e. The molecule has 2 rings (SSSR count). The minimum atomic E-state index is -0.527. The molecule has 4 atom stereocenters. The number of hydrogen-bond donors (Lipinski definition) is 12. The summed E-state index contributed by atoms with van der Waals surface area (Å²) in [6.45, 7) is 26.8. The summed E-state index contributed by atoms with van der Waals surface area (Å²) in [7, 11) is -1.53. The molecule has 14 N–H and O–H groups in total. The summed E-state index contributed by atoms with van der Waals surface area (Å²) in [6.07, 6.45) is 6.72. The quantitative estimate of drug-likeness (QED) is 0.0111. The Labute approximate surface area is 443 Å². The van der Waals surface area contributed by atoms with E-state index >= 15 is 0 Å². The first kappa shape index (κ1) is 85.7. The van der Waals surface area contributed by atoms with Crippen molar-refractivity contribution in [3.63, 3.8) is 0 Å². The van der Waals surface area contributed by atoms with E-state index in [2.05, 4.69) is 111 Å². The Kier molecular flexibility index (Phi) is 64.5. The molecule has 0 saturated heterocycles. The molecule has 0 aliphatic rings. The molecule has 0 saturated carbocycles. The molecule has 0 aliphatic carbocycles. The van der Waals surface area contributed by atoms with Crippen LogP contribution in [0.5, 0.6) is 0 Å². The van der Waals surface area contributed by atoms with E-state index in [-0.39, 0.29) is 91.7 Å². The minimum absolute atomic E-state index is 0. The van der Waals surface area contributed by atoms with Crippen LogP contribution in [-0.2, 0) is 12.8 Å². The number of nitrogens with zero attached hydrogens (tertiary/aromatic N) is 4. The van der Waals surface area contributed by atoms with Gasteiger partial charge in [-0.3, -0.25) is 19.0 Å². The highest BCUT2D eigenvalue weighted by Gasteiger charge is 2.18. The van der Waals surface area contributed by atoms with Crippen LogP contribution in [0.1, 0.15) is 144 Å². The van der Waals surface area contributed by atoms with Crippen LogP contribution >= 0.6 is 48.8 Å². The molecule has 0 aromatic carbocycles. The van der Waals surface area contributed by atoms with Gasteiger partial charge in [0.15, 0.2) is 11.6 Å². The molecule has 2 aromatic rings. The van der Waals surface area contributed by atoms with Crippen molar-refractivity contribution in [3.05, 3.63) is 32.8 Å². The van der Waals surface area contributed by atoms with E-state index in [0.717, 1.165) is 44.4 Å². The summed E-state index contributed by atoms with van der Waals surface area (Å²) in [5, 5.41) is 66.9. The average Bonchev–Trinajstić information content (AvgIpc) is 3.77. The molecule has 26 heteroatoms. The Bertz CT molecular complexity index is 1510. The fourth-order valence-corrected chi connectivity index (χ4v) is 6.70. The smallest absolute Gasteiger partial charge is 0.437 e. The zero-order valence-corrected chi connectivity index (χ0v) is 44.3. The number of H-pyrrole nitrogens is 2. The van der Waals surface area contributed by atoms with Crippen molar-refractivity contribution in [1.82, 2.24) is 36.0 Å². The lowest BCUT2D eigenvalue weighted by molar-refractivity contribution is 0.313. The van der Waals surface area contributed by atoms with Gasteiger partial charge in [-0.15, -0.1) is 48.8 Å². The van der Waals surface area contributed by atoms with Crippen LogP contribution in [0.25, 0.3) is 0 Å². The molecule has 0 spiro atoms. The highest BCUT2D eigenvalue weighted by Crippen LogP contribution is 2.17. The van der Waals surface area contributed by atoms with E-state index in [4.69, 9.17) is 31.9 Å². The molecule has 0 bridgehead atoms. The van der Waals surface area contributed by atoms with Crippen LogP contribution in [-0.4, -0.2) is 105 Å². The van der Waals surface area contributed by atoms with E-state index in [0.29, 0.717) is 92.0 Å². The second kappa shape index (κ2) is 51.2. The highest BCUT2D eigenvalue weighted by atomic mass is 127. The van der Waals surface area contributed by atoms with E-state index in [1.54, 1.807) is 20.5 Å². The SMILES string of the molecule is C.C.C.C.CB(O)NCC(CC(C)=NO)CC(C)C.CB(O)NCC(CC(N)=NO)CC(C)C.CB(O)NCC(Cc1noc(=O)[nH]1)CC(C)C.CC(C)CC(CN)Cc1noc(=O)[nH]1.Cl.Cl.I.[HH]. The second-order valence-electron chi connectivity index (χ2n) is 17.8. The number of hydrogen-bond acceptors (Lipinski definition) is 17. The van der Waals surface area contributed by atoms with Gasteiger partial charge < -0.3 is 52.6 Å². The van der Waals surface area contributed by atoms with Gasteiger partial charge in [0.25, 0.3) is 0 Å². The molecule has 0 radical (unpaired) electrons. The van der Waals surface area contributed by atoms with Crippen molar-refractivity contribution in [3.8, 4) is 0 Å². The number of aromatic nitrogens is 4. The first-order chi connectivity index (χ1) is 28.5. The monoisotopic (exact) mass is 1140 g/mol. The fraction of sp³-hybridized carbons (Fsp3) is 0.857. The molecule has 4 unspecified atom stereocenters. The Morgan fingerprint density at radius 2 is 0.941 bits per heavy atom. The standard InChI is InChI=1S/C10H20BN3O3.C10H23BN2O2.C9H22BN3O2.C9H17N3O2.4CH4.2ClH.HI.H2/c1-7(2)4-8(6-12-11(3)16)5-9-13-10(15)17-14-9;1-8(2)5-10(6-9(3)13-15)7-12-11(4)14;1-7(2)4-8(5-9(11)13-15)6-12-10(3)14;1-6(2)3-7(5-10)4-8-11-9(13)14-12-8;;;;;;;;/h7-8,12,16H,4-6H2,1-3H3,(H,13,14,15);8,10,12,14-15H,5-7H2,1-4H3;7-8,12,14-15H,4-6H2,1-3H3,(H2,11,13);6-7H,3-5,10H2,1-2H3,(H,11,12,13);4*1H4;4*1H. The van der Waals surface area contributed by atoms with Crippen molar-refractivity contribution in [2.75, 3.05) is 26.2 Å². The van der Waals surface area contributed by atoms with Crippen molar-refractivity contribution in [2.45, 2.75) is 164 Å². The second-order valence-corrected chi connectivity index (χ2v) is 17.8. The molecule has 0 amide bonds. The lowest BCUT2D eigenvalue weighted by atomic mass is 9.85. The molecule has 0 aliphatic heterocycles. The third-order valence-electron chi connectivity index (χ3n) is 8.97. The number of nitrogens with one attached hydrogen (secondary N) is 5. The summed E-state index contributed by atoms with van der Waals surface area (Å²) in [4.78, 5) is 26.6. The van der Waals surface area contributed by atoms with Gasteiger partial charge in [0.05, 0.1) is 5.71 Å². The average molecular weight is 1140 g/mol. The predicted octanol–water partition coefficient (Wildman–Crippen LogP) is 7.12. The summed E-state index contributed by atoms with van der Waals surface area (Å²) in [6, 6.07) is 0. The van der Waals surface area contributed by atoms with Crippen LogP contribution in [0.2, 0.25) is 20.5 Å². The largest absolute Gasteiger partial charge is 0.438 e. The number of aromatic amines is 2. The third-order valence-corrected chi connectivity index (χ3v) is 8.97. The predicted molar refractivity (Wildman–Crippen MR) is 304 cm³/mol. The molecule has 2 aromatic heterocycles.